The molecule has 4 rings (SSSR count). The van der Waals surface area contributed by atoms with Crippen molar-refractivity contribution in [2.24, 2.45) is 34.5 Å². The summed E-state index contributed by atoms with van der Waals surface area (Å²) >= 11 is 0. The van der Waals surface area contributed by atoms with Crippen molar-refractivity contribution in [3.8, 4) is 0 Å². The van der Waals surface area contributed by atoms with Crippen LogP contribution in [-0.2, 0) is 0 Å². The number of rotatable bonds is 1. The van der Waals surface area contributed by atoms with Crippen LogP contribution in [0.2, 0.25) is 0 Å². The third-order valence-electron chi connectivity index (χ3n) is 7.68. The number of hydrogen-bond acceptors (Lipinski definition) is 2. The van der Waals surface area contributed by atoms with Gasteiger partial charge in [0, 0.05) is 5.41 Å². The van der Waals surface area contributed by atoms with Gasteiger partial charge in [0.15, 0.2) is 6.29 Å². The first-order valence-corrected chi connectivity index (χ1v) is 8.80. The Hall–Kier alpha value is -0.600. The van der Waals surface area contributed by atoms with E-state index in [-0.39, 0.29) is 5.41 Å². The van der Waals surface area contributed by atoms with E-state index in [0.717, 1.165) is 18.8 Å². The van der Waals surface area contributed by atoms with E-state index in [1.165, 1.54) is 32.1 Å². The lowest BCUT2D eigenvalue weighted by Gasteiger charge is -2.58. The molecule has 0 aliphatic heterocycles. The van der Waals surface area contributed by atoms with Crippen LogP contribution in [0.4, 0.5) is 0 Å². The van der Waals surface area contributed by atoms with E-state index in [2.05, 4.69) is 31.2 Å². The molecule has 0 aromatic rings. The van der Waals surface area contributed by atoms with Crippen molar-refractivity contribution in [2.75, 3.05) is 0 Å². The fourth-order valence-corrected chi connectivity index (χ4v) is 6.59. The van der Waals surface area contributed by atoms with Gasteiger partial charge in [-0.05, 0) is 67.6 Å². The molecule has 4 aliphatic rings. The lowest BCUT2D eigenvalue weighted by atomic mass is 9.47. The SMILES string of the molecule is C[C@]12C=CC=CC1CC[C@H]1[C@@H]3CCC[C@@]3(C(O)O)CC[C@@H]12. The van der Waals surface area contributed by atoms with Crippen LogP contribution in [0.5, 0.6) is 0 Å². The van der Waals surface area contributed by atoms with Crippen LogP contribution in [0.1, 0.15) is 51.9 Å². The minimum atomic E-state index is -1.11. The van der Waals surface area contributed by atoms with Gasteiger partial charge >= 0.3 is 0 Å². The summed E-state index contributed by atoms with van der Waals surface area (Å²) in [6.45, 7) is 2.45. The van der Waals surface area contributed by atoms with E-state index in [1.807, 2.05) is 0 Å². The van der Waals surface area contributed by atoms with E-state index in [0.29, 0.717) is 23.2 Å². The van der Waals surface area contributed by atoms with Gasteiger partial charge in [0.2, 0.25) is 0 Å². The topological polar surface area (TPSA) is 40.5 Å². The van der Waals surface area contributed by atoms with Crippen LogP contribution in [0.15, 0.2) is 24.3 Å². The van der Waals surface area contributed by atoms with Gasteiger partial charge < -0.3 is 10.2 Å². The number of allylic oxidation sites excluding steroid dienone is 4. The average molecular weight is 288 g/mol. The first-order chi connectivity index (χ1) is 10.1. The highest BCUT2D eigenvalue weighted by molar-refractivity contribution is 5.23. The quantitative estimate of drug-likeness (QED) is 0.723. The molecule has 0 heterocycles. The normalized spacial score (nSPS) is 51.6. The Balaban J connectivity index is 1.68. The van der Waals surface area contributed by atoms with Crippen LogP contribution >= 0.6 is 0 Å². The van der Waals surface area contributed by atoms with Gasteiger partial charge in [0.25, 0.3) is 0 Å². The molecular formula is C19H28O2. The summed E-state index contributed by atoms with van der Waals surface area (Å²) in [7, 11) is 0. The van der Waals surface area contributed by atoms with Crippen molar-refractivity contribution < 1.29 is 10.2 Å². The fraction of sp³-hybridized carbons (Fsp3) is 0.789. The van der Waals surface area contributed by atoms with Gasteiger partial charge in [-0.3, -0.25) is 0 Å². The van der Waals surface area contributed by atoms with E-state index < -0.39 is 6.29 Å². The van der Waals surface area contributed by atoms with Crippen LogP contribution in [0.25, 0.3) is 0 Å². The second-order valence-corrected chi connectivity index (χ2v) is 8.21. The zero-order valence-electron chi connectivity index (χ0n) is 13.0. The summed E-state index contributed by atoms with van der Waals surface area (Å²) in [5.74, 6) is 2.65. The number of aliphatic hydroxyl groups is 2. The molecule has 6 atom stereocenters. The molecule has 4 aliphatic carbocycles. The fourth-order valence-electron chi connectivity index (χ4n) is 6.59. The maximum atomic E-state index is 10.1. The molecule has 0 spiro atoms. The highest BCUT2D eigenvalue weighted by Gasteiger charge is 2.59. The molecule has 0 aromatic heterocycles. The van der Waals surface area contributed by atoms with Crippen LogP contribution in [0.3, 0.4) is 0 Å². The van der Waals surface area contributed by atoms with Crippen molar-refractivity contribution in [2.45, 2.75) is 58.2 Å². The molecule has 0 radical (unpaired) electrons. The summed E-state index contributed by atoms with van der Waals surface area (Å²) < 4.78 is 0. The van der Waals surface area contributed by atoms with E-state index >= 15 is 0 Å². The highest BCUT2D eigenvalue weighted by Crippen LogP contribution is 2.65. The largest absolute Gasteiger partial charge is 0.368 e. The Morgan fingerprint density at radius 2 is 1.86 bits per heavy atom. The second-order valence-electron chi connectivity index (χ2n) is 8.21. The minimum absolute atomic E-state index is 0.182. The molecule has 3 fully saturated rings. The smallest absolute Gasteiger partial charge is 0.157 e. The molecule has 1 unspecified atom stereocenters. The predicted molar refractivity (Wildman–Crippen MR) is 83.3 cm³/mol. The Labute approximate surface area is 127 Å². The molecule has 0 bridgehead atoms. The van der Waals surface area contributed by atoms with Gasteiger partial charge in [0.1, 0.15) is 0 Å². The Kier molecular flexibility index (Phi) is 3.14. The second kappa shape index (κ2) is 4.70. The summed E-state index contributed by atoms with van der Waals surface area (Å²) in [6.07, 6.45) is 16.3. The number of hydrogen-bond donors (Lipinski definition) is 2. The van der Waals surface area contributed by atoms with Gasteiger partial charge in [-0.1, -0.05) is 37.6 Å². The lowest BCUT2D eigenvalue weighted by molar-refractivity contribution is -0.191. The number of fused-ring (bicyclic) bond motifs is 5. The average Bonchev–Trinajstić information content (AvgIpc) is 2.92. The van der Waals surface area contributed by atoms with Crippen LogP contribution in [-0.4, -0.2) is 16.5 Å². The molecule has 0 aromatic carbocycles. The number of aliphatic hydroxyl groups excluding tert-OH is 1. The Morgan fingerprint density at radius 1 is 1.00 bits per heavy atom. The Morgan fingerprint density at radius 3 is 2.67 bits per heavy atom. The first kappa shape index (κ1) is 14.0. The molecular weight excluding hydrogens is 260 g/mol. The van der Waals surface area contributed by atoms with Crippen molar-refractivity contribution >= 4 is 0 Å². The lowest BCUT2D eigenvalue weighted by Crippen LogP contribution is -2.53. The van der Waals surface area contributed by atoms with E-state index in [4.69, 9.17) is 0 Å². The zero-order chi connectivity index (χ0) is 14.7. The molecule has 2 heteroatoms. The highest BCUT2D eigenvalue weighted by atomic mass is 16.5. The molecule has 2 N–H and O–H groups in total. The first-order valence-electron chi connectivity index (χ1n) is 8.80. The van der Waals surface area contributed by atoms with Crippen LogP contribution in [0, 0.1) is 34.5 Å². The maximum Gasteiger partial charge on any atom is 0.157 e. The van der Waals surface area contributed by atoms with Crippen LogP contribution < -0.4 is 0 Å². The predicted octanol–water partition coefficient (Wildman–Crippen LogP) is 3.65. The third-order valence-corrected chi connectivity index (χ3v) is 7.68. The summed E-state index contributed by atoms with van der Waals surface area (Å²) in [4.78, 5) is 0. The van der Waals surface area contributed by atoms with Gasteiger partial charge in [-0.2, -0.15) is 0 Å². The monoisotopic (exact) mass is 288 g/mol. The van der Waals surface area contributed by atoms with Gasteiger partial charge in [0.05, 0.1) is 0 Å². The van der Waals surface area contributed by atoms with Crippen molar-refractivity contribution in [1.29, 1.82) is 0 Å². The molecule has 3 saturated carbocycles. The zero-order valence-corrected chi connectivity index (χ0v) is 13.0. The standard InChI is InChI=1S/C19H28O2/c1-18-10-3-2-5-13(18)7-8-14-15(18)9-12-19(17(20)21)11-4-6-16(14)19/h2-3,5,10,13-17,20-21H,4,6-9,11-12H2,1H3/t13?,14-,15+,16+,18+,19-/m1/s1. The van der Waals surface area contributed by atoms with E-state index in [9.17, 15) is 10.2 Å². The Bertz CT molecular complexity index is 480. The molecule has 21 heavy (non-hydrogen) atoms. The third kappa shape index (κ3) is 1.78. The summed E-state index contributed by atoms with van der Waals surface area (Å²) in [6, 6.07) is 0. The molecule has 0 saturated heterocycles. The van der Waals surface area contributed by atoms with E-state index in [1.54, 1.807) is 0 Å². The van der Waals surface area contributed by atoms with Gasteiger partial charge in [-0.15, -0.1) is 0 Å². The van der Waals surface area contributed by atoms with Crippen molar-refractivity contribution in [1.82, 2.24) is 0 Å². The maximum absolute atomic E-state index is 10.1. The minimum Gasteiger partial charge on any atom is -0.368 e. The van der Waals surface area contributed by atoms with Crippen molar-refractivity contribution in [3.63, 3.8) is 0 Å². The van der Waals surface area contributed by atoms with Crippen molar-refractivity contribution in [3.05, 3.63) is 24.3 Å². The molecule has 0 amide bonds. The van der Waals surface area contributed by atoms with Gasteiger partial charge in [-0.25, -0.2) is 0 Å². The summed E-state index contributed by atoms with van der Waals surface area (Å²) in [5, 5.41) is 20.1. The molecule has 2 nitrogen and oxygen atoms in total. The molecule has 116 valence electrons. The summed E-state index contributed by atoms with van der Waals surface area (Å²) in [5.41, 5.74) is 0.116.